The van der Waals surface area contributed by atoms with E-state index in [0.29, 0.717) is 0 Å². The second-order valence-electron chi connectivity index (χ2n) is 2.94. The van der Waals surface area contributed by atoms with Crippen LogP contribution >= 0.6 is 11.3 Å². The van der Waals surface area contributed by atoms with Gasteiger partial charge in [0.25, 0.3) is 0 Å². The van der Waals surface area contributed by atoms with Gasteiger partial charge in [0.15, 0.2) is 0 Å². The van der Waals surface area contributed by atoms with Gasteiger partial charge in [-0.25, -0.2) is 0 Å². The fourth-order valence-corrected chi connectivity index (χ4v) is 2.28. The normalized spacial score (nSPS) is 20.4. The molecule has 0 N–H and O–H groups in total. The van der Waals surface area contributed by atoms with E-state index < -0.39 is 0 Å². The first-order valence-electron chi connectivity index (χ1n) is 4.06. The fourth-order valence-electron chi connectivity index (χ4n) is 1.54. The molecule has 1 aliphatic rings. The first-order valence-corrected chi connectivity index (χ1v) is 5.01. The van der Waals surface area contributed by atoms with E-state index in [2.05, 4.69) is 16.8 Å². The minimum atomic E-state index is 0.773. The SMILES string of the molecule is c1cc(C2CCOCC2)cs1. The molecule has 1 aromatic rings. The van der Waals surface area contributed by atoms with Gasteiger partial charge in [0.2, 0.25) is 0 Å². The molecule has 0 amide bonds. The van der Waals surface area contributed by atoms with Crippen LogP contribution in [0.25, 0.3) is 0 Å². The Kier molecular flexibility index (Phi) is 2.24. The van der Waals surface area contributed by atoms with Crippen molar-refractivity contribution < 1.29 is 4.74 Å². The van der Waals surface area contributed by atoms with Crippen LogP contribution in [0.1, 0.15) is 24.3 Å². The molecule has 0 atom stereocenters. The van der Waals surface area contributed by atoms with E-state index >= 15 is 0 Å². The summed E-state index contributed by atoms with van der Waals surface area (Å²) in [6, 6.07) is 2.24. The Morgan fingerprint density at radius 1 is 1.36 bits per heavy atom. The van der Waals surface area contributed by atoms with Crippen LogP contribution in [-0.4, -0.2) is 13.2 Å². The summed E-state index contributed by atoms with van der Waals surface area (Å²) in [5.74, 6) is 0.773. The summed E-state index contributed by atoms with van der Waals surface area (Å²) in [4.78, 5) is 0. The Labute approximate surface area is 71.0 Å². The third-order valence-electron chi connectivity index (χ3n) is 2.24. The average Bonchev–Trinajstić information content (AvgIpc) is 2.58. The topological polar surface area (TPSA) is 9.23 Å². The molecule has 0 saturated carbocycles. The number of ether oxygens (including phenoxy) is 1. The quantitative estimate of drug-likeness (QED) is 0.626. The fraction of sp³-hybridized carbons (Fsp3) is 0.556. The monoisotopic (exact) mass is 168 g/mol. The maximum absolute atomic E-state index is 5.30. The molecule has 2 heteroatoms. The van der Waals surface area contributed by atoms with E-state index in [1.807, 2.05) is 0 Å². The van der Waals surface area contributed by atoms with Gasteiger partial charge in [-0.2, -0.15) is 11.3 Å². The number of thiophene rings is 1. The van der Waals surface area contributed by atoms with Crippen LogP contribution in [0.15, 0.2) is 16.8 Å². The Morgan fingerprint density at radius 3 is 2.82 bits per heavy atom. The summed E-state index contributed by atoms with van der Waals surface area (Å²) in [7, 11) is 0. The molecule has 0 aliphatic carbocycles. The van der Waals surface area contributed by atoms with Gasteiger partial charge >= 0.3 is 0 Å². The van der Waals surface area contributed by atoms with Gasteiger partial charge in [-0.3, -0.25) is 0 Å². The van der Waals surface area contributed by atoms with Crippen molar-refractivity contribution in [2.45, 2.75) is 18.8 Å². The summed E-state index contributed by atoms with van der Waals surface area (Å²) in [5.41, 5.74) is 1.51. The summed E-state index contributed by atoms with van der Waals surface area (Å²) < 4.78 is 5.30. The summed E-state index contributed by atoms with van der Waals surface area (Å²) in [6.45, 7) is 1.89. The van der Waals surface area contributed by atoms with E-state index in [4.69, 9.17) is 4.74 Å². The van der Waals surface area contributed by atoms with Gasteiger partial charge in [-0.1, -0.05) is 0 Å². The van der Waals surface area contributed by atoms with Crippen LogP contribution in [0.5, 0.6) is 0 Å². The zero-order chi connectivity index (χ0) is 7.52. The Bertz CT molecular complexity index is 199. The maximum atomic E-state index is 5.30. The molecule has 11 heavy (non-hydrogen) atoms. The molecular weight excluding hydrogens is 156 g/mol. The minimum Gasteiger partial charge on any atom is -0.381 e. The molecule has 1 saturated heterocycles. The minimum absolute atomic E-state index is 0.773. The van der Waals surface area contributed by atoms with Gasteiger partial charge < -0.3 is 4.74 Å². The molecule has 0 bridgehead atoms. The highest BCUT2D eigenvalue weighted by Gasteiger charge is 2.15. The van der Waals surface area contributed by atoms with Crippen LogP contribution in [0.4, 0.5) is 0 Å². The molecule has 1 aromatic heterocycles. The van der Waals surface area contributed by atoms with Crippen molar-refractivity contribution >= 4 is 11.3 Å². The third kappa shape index (κ3) is 1.63. The van der Waals surface area contributed by atoms with Gasteiger partial charge in [-0.05, 0) is 41.1 Å². The van der Waals surface area contributed by atoms with Crippen LogP contribution in [0.2, 0.25) is 0 Å². The zero-order valence-corrected chi connectivity index (χ0v) is 7.27. The van der Waals surface area contributed by atoms with Gasteiger partial charge in [0.1, 0.15) is 0 Å². The maximum Gasteiger partial charge on any atom is 0.0471 e. The highest BCUT2D eigenvalue weighted by atomic mass is 32.1. The molecular formula is C9H12OS. The summed E-state index contributed by atoms with van der Waals surface area (Å²) in [6.07, 6.45) is 2.41. The van der Waals surface area contributed by atoms with Crippen LogP contribution in [0.3, 0.4) is 0 Å². The van der Waals surface area contributed by atoms with Crippen molar-refractivity contribution in [2.24, 2.45) is 0 Å². The predicted octanol–water partition coefficient (Wildman–Crippen LogP) is 2.64. The summed E-state index contributed by atoms with van der Waals surface area (Å²) >= 11 is 1.79. The molecule has 60 valence electrons. The lowest BCUT2D eigenvalue weighted by atomic mass is 9.94. The van der Waals surface area contributed by atoms with Crippen molar-refractivity contribution in [1.29, 1.82) is 0 Å². The van der Waals surface area contributed by atoms with Crippen molar-refractivity contribution in [3.05, 3.63) is 22.4 Å². The second-order valence-corrected chi connectivity index (χ2v) is 3.72. The van der Waals surface area contributed by atoms with Crippen molar-refractivity contribution in [2.75, 3.05) is 13.2 Å². The van der Waals surface area contributed by atoms with E-state index in [1.165, 1.54) is 18.4 Å². The first-order chi connectivity index (χ1) is 5.47. The van der Waals surface area contributed by atoms with Gasteiger partial charge in [0.05, 0.1) is 0 Å². The van der Waals surface area contributed by atoms with E-state index in [1.54, 1.807) is 11.3 Å². The van der Waals surface area contributed by atoms with E-state index in [0.717, 1.165) is 19.1 Å². The van der Waals surface area contributed by atoms with Gasteiger partial charge in [0, 0.05) is 13.2 Å². The van der Waals surface area contributed by atoms with Crippen LogP contribution in [-0.2, 0) is 4.74 Å². The van der Waals surface area contributed by atoms with E-state index in [9.17, 15) is 0 Å². The molecule has 1 fully saturated rings. The highest BCUT2D eigenvalue weighted by Crippen LogP contribution is 2.27. The smallest absolute Gasteiger partial charge is 0.0471 e. The number of hydrogen-bond acceptors (Lipinski definition) is 2. The predicted molar refractivity (Wildman–Crippen MR) is 47.1 cm³/mol. The van der Waals surface area contributed by atoms with Crippen molar-refractivity contribution in [3.8, 4) is 0 Å². The lowest BCUT2D eigenvalue weighted by Crippen LogP contribution is -2.13. The molecule has 1 aliphatic heterocycles. The Hall–Kier alpha value is -0.340. The van der Waals surface area contributed by atoms with Crippen molar-refractivity contribution in [1.82, 2.24) is 0 Å². The van der Waals surface area contributed by atoms with Gasteiger partial charge in [-0.15, -0.1) is 0 Å². The lowest BCUT2D eigenvalue weighted by Gasteiger charge is -2.20. The summed E-state index contributed by atoms with van der Waals surface area (Å²) in [5, 5.41) is 4.42. The molecule has 2 rings (SSSR count). The highest BCUT2D eigenvalue weighted by molar-refractivity contribution is 7.07. The third-order valence-corrected chi connectivity index (χ3v) is 2.94. The van der Waals surface area contributed by atoms with Crippen LogP contribution in [0, 0.1) is 0 Å². The molecule has 0 spiro atoms. The zero-order valence-electron chi connectivity index (χ0n) is 6.45. The molecule has 2 heterocycles. The van der Waals surface area contributed by atoms with Crippen molar-refractivity contribution in [3.63, 3.8) is 0 Å². The molecule has 1 nitrogen and oxygen atoms in total. The molecule has 0 radical (unpaired) electrons. The van der Waals surface area contributed by atoms with E-state index in [-0.39, 0.29) is 0 Å². The second kappa shape index (κ2) is 3.37. The average molecular weight is 168 g/mol. The Balaban J connectivity index is 2.04. The number of rotatable bonds is 1. The lowest BCUT2D eigenvalue weighted by molar-refractivity contribution is 0.0854. The largest absolute Gasteiger partial charge is 0.381 e. The molecule has 0 unspecified atom stereocenters. The Morgan fingerprint density at radius 2 is 2.18 bits per heavy atom. The number of hydrogen-bond donors (Lipinski definition) is 0. The first kappa shape index (κ1) is 7.32. The standard InChI is InChI=1S/C9H12OS/c1-4-10-5-2-8(1)9-3-6-11-7-9/h3,6-8H,1-2,4-5H2. The molecule has 0 aromatic carbocycles. The van der Waals surface area contributed by atoms with Crippen LogP contribution < -0.4 is 0 Å².